The van der Waals surface area contributed by atoms with Gasteiger partial charge < -0.3 is 5.73 Å². The van der Waals surface area contributed by atoms with Gasteiger partial charge in [0.2, 0.25) is 0 Å². The molecule has 80 valence electrons. The van der Waals surface area contributed by atoms with Crippen molar-refractivity contribution in [3.63, 3.8) is 0 Å². The first-order valence-corrected chi connectivity index (χ1v) is 5.39. The van der Waals surface area contributed by atoms with Crippen molar-refractivity contribution in [1.29, 1.82) is 0 Å². The highest BCUT2D eigenvalue weighted by Gasteiger charge is 2.19. The van der Waals surface area contributed by atoms with E-state index in [1.807, 2.05) is 19.9 Å². The molecule has 0 aliphatic heterocycles. The second-order valence-corrected chi connectivity index (χ2v) is 4.12. The minimum absolute atomic E-state index is 0.832. The molecule has 1 aliphatic rings. The van der Waals surface area contributed by atoms with Crippen LogP contribution in [0.25, 0.3) is 0 Å². The molecule has 1 saturated carbocycles. The van der Waals surface area contributed by atoms with E-state index < -0.39 is 0 Å². The summed E-state index contributed by atoms with van der Waals surface area (Å²) in [5, 5.41) is 0. The van der Waals surface area contributed by atoms with Crippen molar-refractivity contribution in [2.45, 2.75) is 33.1 Å². The van der Waals surface area contributed by atoms with Gasteiger partial charge >= 0.3 is 0 Å². The van der Waals surface area contributed by atoms with E-state index in [0.717, 1.165) is 29.2 Å². The second-order valence-electron chi connectivity index (χ2n) is 4.12. The summed E-state index contributed by atoms with van der Waals surface area (Å²) >= 11 is 0. The Labute approximate surface area is 92.7 Å². The summed E-state index contributed by atoms with van der Waals surface area (Å²) in [6.45, 7) is 7.63. The van der Waals surface area contributed by atoms with Crippen LogP contribution in [0.1, 0.15) is 33.1 Å². The summed E-state index contributed by atoms with van der Waals surface area (Å²) in [6, 6.07) is 0. The van der Waals surface area contributed by atoms with Gasteiger partial charge in [0, 0.05) is 17.7 Å². The lowest BCUT2D eigenvalue weighted by atomic mass is 10.1. The van der Waals surface area contributed by atoms with Gasteiger partial charge in [-0.25, -0.2) is 0 Å². The fourth-order valence-corrected chi connectivity index (χ4v) is 1.11. The average molecular weight is 201 g/mol. The third-order valence-corrected chi connectivity index (χ3v) is 2.53. The van der Waals surface area contributed by atoms with Crippen LogP contribution in [0.2, 0.25) is 0 Å². The Morgan fingerprint density at radius 1 is 1.47 bits per heavy atom. The Kier molecular flexibility index (Phi) is 4.24. The summed E-state index contributed by atoms with van der Waals surface area (Å²) < 4.78 is 0. The summed E-state index contributed by atoms with van der Waals surface area (Å²) in [5.74, 6) is 7.18. The fraction of sp³-hybridized carbons (Fsp3) is 0.429. The molecule has 1 rings (SSSR count). The Bertz CT molecular complexity index is 353. The molecule has 0 bridgehead atoms. The Hall–Kier alpha value is -1.42. The van der Waals surface area contributed by atoms with Crippen LogP contribution < -0.4 is 5.73 Å². The molecule has 0 unspecified atom stereocenters. The first-order valence-electron chi connectivity index (χ1n) is 5.39. The molecule has 0 radical (unpaired) electrons. The molecule has 1 fully saturated rings. The summed E-state index contributed by atoms with van der Waals surface area (Å²) in [7, 11) is 0. The first-order chi connectivity index (χ1) is 7.13. The van der Waals surface area contributed by atoms with Crippen LogP contribution >= 0.6 is 0 Å². The topological polar surface area (TPSA) is 26.0 Å². The Morgan fingerprint density at radius 2 is 2.13 bits per heavy atom. The zero-order valence-electron chi connectivity index (χ0n) is 9.64. The second kappa shape index (κ2) is 5.46. The van der Waals surface area contributed by atoms with Crippen LogP contribution in [0, 0.1) is 17.8 Å². The van der Waals surface area contributed by atoms with Gasteiger partial charge in [0.05, 0.1) is 0 Å². The molecule has 1 aliphatic carbocycles. The maximum absolute atomic E-state index is 5.68. The van der Waals surface area contributed by atoms with E-state index in [1.54, 1.807) is 6.08 Å². The number of allylic oxidation sites excluding steroid dienone is 5. The van der Waals surface area contributed by atoms with E-state index in [1.165, 1.54) is 12.8 Å². The fourth-order valence-electron chi connectivity index (χ4n) is 1.11. The lowest BCUT2D eigenvalue weighted by Crippen LogP contribution is -1.93. The third-order valence-electron chi connectivity index (χ3n) is 2.53. The molecule has 0 aromatic rings. The van der Waals surface area contributed by atoms with Crippen LogP contribution in [0.3, 0.4) is 0 Å². The summed E-state index contributed by atoms with van der Waals surface area (Å²) in [6.07, 6.45) is 7.50. The van der Waals surface area contributed by atoms with Crippen molar-refractivity contribution >= 4 is 0 Å². The zero-order chi connectivity index (χ0) is 11.3. The molecule has 0 aromatic carbocycles. The number of hydrogen-bond acceptors (Lipinski definition) is 1. The summed E-state index contributed by atoms with van der Waals surface area (Å²) in [5.41, 5.74) is 8.53. The molecular formula is C14H19N. The molecule has 0 spiro atoms. The van der Waals surface area contributed by atoms with Gasteiger partial charge in [0.15, 0.2) is 0 Å². The molecule has 1 nitrogen and oxygen atoms in total. The number of hydrogen-bond donors (Lipinski definition) is 1. The third kappa shape index (κ3) is 4.56. The van der Waals surface area contributed by atoms with Crippen LogP contribution in [0.5, 0.6) is 0 Å². The zero-order valence-corrected chi connectivity index (χ0v) is 9.64. The van der Waals surface area contributed by atoms with Crippen molar-refractivity contribution in [3.05, 3.63) is 35.6 Å². The smallest absolute Gasteiger partial charge is 0.0242 e. The molecule has 0 saturated heterocycles. The minimum atomic E-state index is 0.832. The predicted molar refractivity (Wildman–Crippen MR) is 66.0 cm³/mol. The molecule has 0 heterocycles. The van der Waals surface area contributed by atoms with E-state index in [9.17, 15) is 0 Å². The Balaban J connectivity index is 2.63. The van der Waals surface area contributed by atoms with E-state index in [0.29, 0.717) is 0 Å². The average Bonchev–Trinajstić information content (AvgIpc) is 2.99. The van der Waals surface area contributed by atoms with Crippen LogP contribution in [0.4, 0.5) is 0 Å². The van der Waals surface area contributed by atoms with Gasteiger partial charge in [0.1, 0.15) is 0 Å². The van der Waals surface area contributed by atoms with Crippen LogP contribution in [-0.4, -0.2) is 0 Å². The van der Waals surface area contributed by atoms with Crippen LogP contribution in [0.15, 0.2) is 35.6 Å². The lowest BCUT2D eigenvalue weighted by molar-refractivity contribution is 0.884. The first kappa shape index (κ1) is 11.7. The van der Waals surface area contributed by atoms with E-state index in [2.05, 4.69) is 18.4 Å². The van der Waals surface area contributed by atoms with Crippen LogP contribution in [-0.2, 0) is 0 Å². The molecule has 0 atom stereocenters. The van der Waals surface area contributed by atoms with Gasteiger partial charge in [-0.3, -0.25) is 0 Å². The molecule has 15 heavy (non-hydrogen) atoms. The van der Waals surface area contributed by atoms with E-state index in [-0.39, 0.29) is 0 Å². The summed E-state index contributed by atoms with van der Waals surface area (Å²) in [4.78, 5) is 0. The van der Waals surface area contributed by atoms with Gasteiger partial charge in [-0.15, -0.1) is 0 Å². The van der Waals surface area contributed by atoms with Crippen molar-refractivity contribution < 1.29 is 0 Å². The molecule has 0 amide bonds. The highest BCUT2D eigenvalue weighted by molar-refractivity contribution is 5.42. The molecule has 2 N–H and O–H groups in total. The maximum atomic E-state index is 5.68. The van der Waals surface area contributed by atoms with Crippen molar-refractivity contribution in [1.82, 2.24) is 0 Å². The molecule has 1 heteroatoms. The van der Waals surface area contributed by atoms with Gasteiger partial charge in [-0.2, -0.15) is 0 Å². The van der Waals surface area contributed by atoms with E-state index in [4.69, 9.17) is 5.73 Å². The SMILES string of the molecule is C=C/C(C#CCC1CC1)=C\C(C)=C(\C)N. The standard InChI is InChI=1S/C14H19N/c1-4-13(10-11(2)12(3)15)6-5-7-14-8-9-14/h4,10,14H,1,7-9,15H2,2-3H3/b12-11-,13-10+. The normalized spacial score (nSPS) is 17.6. The largest absolute Gasteiger partial charge is 0.402 e. The minimum Gasteiger partial charge on any atom is -0.402 e. The molecule has 0 aromatic heterocycles. The highest BCUT2D eigenvalue weighted by atomic mass is 14.5. The van der Waals surface area contributed by atoms with Gasteiger partial charge in [0.25, 0.3) is 0 Å². The van der Waals surface area contributed by atoms with Crippen molar-refractivity contribution in [2.24, 2.45) is 11.7 Å². The maximum Gasteiger partial charge on any atom is 0.0242 e. The monoisotopic (exact) mass is 201 g/mol. The quantitative estimate of drug-likeness (QED) is 0.551. The highest BCUT2D eigenvalue weighted by Crippen LogP contribution is 2.31. The van der Waals surface area contributed by atoms with Crippen molar-refractivity contribution in [2.75, 3.05) is 0 Å². The predicted octanol–water partition coefficient (Wildman–Crippen LogP) is 3.15. The van der Waals surface area contributed by atoms with Gasteiger partial charge in [-0.05, 0) is 44.3 Å². The molecular weight excluding hydrogens is 182 g/mol. The number of rotatable bonds is 3. The van der Waals surface area contributed by atoms with Crippen molar-refractivity contribution in [3.8, 4) is 11.8 Å². The van der Waals surface area contributed by atoms with E-state index >= 15 is 0 Å². The Morgan fingerprint density at radius 3 is 2.60 bits per heavy atom. The number of nitrogens with two attached hydrogens (primary N) is 1. The van der Waals surface area contributed by atoms with Gasteiger partial charge in [-0.1, -0.05) is 24.5 Å². The lowest BCUT2D eigenvalue weighted by Gasteiger charge is -1.96.